The molecule has 2 aromatic rings. The Labute approximate surface area is 141 Å². The van der Waals surface area contributed by atoms with Crippen molar-refractivity contribution < 1.29 is 9.59 Å². The molecule has 7 nitrogen and oxygen atoms in total. The second kappa shape index (κ2) is 7.63. The maximum Gasteiger partial charge on any atom is 0.321 e. The monoisotopic (exact) mass is 329 g/mol. The molecule has 2 rings (SSSR count). The van der Waals surface area contributed by atoms with Gasteiger partial charge < -0.3 is 15.5 Å². The minimum absolute atomic E-state index is 0.0919. The summed E-state index contributed by atoms with van der Waals surface area (Å²) in [7, 11) is 3.25. The fourth-order valence-electron chi connectivity index (χ4n) is 2.33. The van der Waals surface area contributed by atoms with E-state index in [4.69, 9.17) is 0 Å². The van der Waals surface area contributed by atoms with Gasteiger partial charge in [0.2, 0.25) is 5.91 Å². The molecule has 1 atom stereocenters. The van der Waals surface area contributed by atoms with Gasteiger partial charge in [-0.1, -0.05) is 13.0 Å². The standard InChI is InChI=1S/C17H23N5O2/c1-12(16(23)18-3)11-21(4)17(24)19-14-6-5-7-15(10-14)22-9-8-13(2)20-22/h5-10,12H,11H2,1-4H3,(H,18,23)(H,19,24)/t12-/m1/s1. The zero-order chi connectivity index (χ0) is 17.7. The molecule has 7 heteroatoms. The molecule has 2 N–H and O–H groups in total. The highest BCUT2D eigenvalue weighted by Gasteiger charge is 2.17. The molecule has 0 saturated heterocycles. The van der Waals surface area contributed by atoms with E-state index in [1.807, 2.05) is 43.5 Å². The van der Waals surface area contributed by atoms with Crippen molar-refractivity contribution in [1.82, 2.24) is 20.0 Å². The number of benzene rings is 1. The van der Waals surface area contributed by atoms with E-state index >= 15 is 0 Å². The van der Waals surface area contributed by atoms with Crippen LogP contribution in [0.1, 0.15) is 12.6 Å². The second-order valence-corrected chi connectivity index (χ2v) is 5.78. The lowest BCUT2D eigenvalue weighted by atomic mass is 10.1. The number of aryl methyl sites for hydroxylation is 1. The van der Waals surface area contributed by atoms with Crippen molar-refractivity contribution in [2.75, 3.05) is 26.0 Å². The molecule has 0 spiro atoms. The van der Waals surface area contributed by atoms with Crippen molar-refractivity contribution in [3.8, 4) is 5.69 Å². The largest absolute Gasteiger partial charge is 0.359 e. The number of nitrogens with one attached hydrogen (secondary N) is 2. The number of anilines is 1. The number of aromatic nitrogens is 2. The highest BCUT2D eigenvalue weighted by molar-refractivity contribution is 5.90. The number of nitrogens with zero attached hydrogens (tertiary/aromatic N) is 3. The van der Waals surface area contributed by atoms with Crippen molar-refractivity contribution >= 4 is 17.6 Å². The first-order valence-electron chi connectivity index (χ1n) is 7.77. The fourth-order valence-corrected chi connectivity index (χ4v) is 2.33. The van der Waals surface area contributed by atoms with Crippen LogP contribution in [0.4, 0.5) is 10.5 Å². The molecule has 0 saturated carbocycles. The van der Waals surface area contributed by atoms with E-state index in [9.17, 15) is 9.59 Å². The van der Waals surface area contributed by atoms with Crippen LogP contribution in [0.2, 0.25) is 0 Å². The van der Waals surface area contributed by atoms with E-state index in [1.54, 1.807) is 25.7 Å². The quantitative estimate of drug-likeness (QED) is 0.881. The van der Waals surface area contributed by atoms with Crippen molar-refractivity contribution in [3.05, 3.63) is 42.2 Å². The first kappa shape index (κ1) is 17.5. The number of amides is 3. The predicted molar refractivity (Wildman–Crippen MR) is 93.2 cm³/mol. The average Bonchev–Trinajstić information content (AvgIpc) is 3.00. The summed E-state index contributed by atoms with van der Waals surface area (Å²) >= 11 is 0. The first-order valence-corrected chi connectivity index (χ1v) is 7.77. The van der Waals surface area contributed by atoms with Gasteiger partial charge in [0.05, 0.1) is 17.3 Å². The van der Waals surface area contributed by atoms with Gasteiger partial charge in [-0.2, -0.15) is 5.10 Å². The Morgan fingerprint density at radius 2 is 2.08 bits per heavy atom. The lowest BCUT2D eigenvalue weighted by Crippen LogP contribution is -2.39. The number of rotatable bonds is 5. The normalized spacial score (nSPS) is 11.7. The molecular formula is C17H23N5O2. The lowest BCUT2D eigenvalue weighted by molar-refractivity contribution is -0.124. The summed E-state index contributed by atoms with van der Waals surface area (Å²) in [6.45, 7) is 4.04. The molecule has 3 amide bonds. The minimum atomic E-state index is -0.274. The van der Waals surface area contributed by atoms with Crippen LogP contribution in [0.15, 0.2) is 36.5 Å². The van der Waals surface area contributed by atoms with Crippen LogP contribution in [0.3, 0.4) is 0 Å². The van der Waals surface area contributed by atoms with Gasteiger partial charge >= 0.3 is 6.03 Å². The summed E-state index contributed by atoms with van der Waals surface area (Å²) < 4.78 is 1.75. The molecule has 0 bridgehead atoms. The number of carbonyl (C=O) groups is 2. The fraction of sp³-hybridized carbons (Fsp3) is 0.353. The molecule has 1 heterocycles. The van der Waals surface area contributed by atoms with Crippen molar-refractivity contribution in [1.29, 1.82) is 0 Å². The molecule has 128 valence electrons. The van der Waals surface area contributed by atoms with Gasteiger partial charge in [-0.15, -0.1) is 0 Å². The minimum Gasteiger partial charge on any atom is -0.359 e. The van der Waals surface area contributed by atoms with Crippen LogP contribution in [-0.4, -0.2) is 47.3 Å². The molecule has 0 aliphatic rings. The lowest BCUT2D eigenvalue weighted by Gasteiger charge is -2.21. The smallest absolute Gasteiger partial charge is 0.321 e. The summed E-state index contributed by atoms with van der Waals surface area (Å²) in [5, 5.41) is 9.77. The van der Waals surface area contributed by atoms with Gasteiger partial charge in [-0.25, -0.2) is 9.48 Å². The molecule has 0 fully saturated rings. The molecule has 1 aromatic heterocycles. The zero-order valence-corrected chi connectivity index (χ0v) is 14.4. The second-order valence-electron chi connectivity index (χ2n) is 5.78. The number of carbonyl (C=O) groups excluding carboxylic acids is 2. The number of urea groups is 1. The topological polar surface area (TPSA) is 79.3 Å². The summed E-state index contributed by atoms with van der Waals surface area (Å²) in [5.74, 6) is -0.366. The molecule has 0 unspecified atom stereocenters. The predicted octanol–water partition coefficient (Wildman–Crippen LogP) is 2.03. The van der Waals surface area contributed by atoms with Gasteiger partial charge in [0.1, 0.15) is 0 Å². The summed E-state index contributed by atoms with van der Waals surface area (Å²) in [4.78, 5) is 25.3. The van der Waals surface area contributed by atoms with E-state index in [-0.39, 0.29) is 17.9 Å². The summed E-state index contributed by atoms with van der Waals surface area (Å²) in [6.07, 6.45) is 1.87. The number of hydrogen-bond acceptors (Lipinski definition) is 3. The molecule has 1 aromatic carbocycles. The van der Waals surface area contributed by atoms with Crippen LogP contribution < -0.4 is 10.6 Å². The van der Waals surface area contributed by atoms with Crippen LogP contribution in [-0.2, 0) is 4.79 Å². The Morgan fingerprint density at radius 3 is 2.71 bits per heavy atom. The third-order valence-electron chi connectivity index (χ3n) is 3.67. The highest BCUT2D eigenvalue weighted by Crippen LogP contribution is 2.15. The van der Waals surface area contributed by atoms with Crippen LogP contribution in [0.5, 0.6) is 0 Å². The SMILES string of the molecule is CNC(=O)[C@H](C)CN(C)C(=O)Nc1cccc(-n2ccc(C)n2)c1. The average molecular weight is 329 g/mol. The summed E-state index contributed by atoms with van der Waals surface area (Å²) in [6, 6.07) is 9.08. The van der Waals surface area contributed by atoms with E-state index in [0.29, 0.717) is 12.2 Å². The van der Waals surface area contributed by atoms with Crippen LogP contribution in [0.25, 0.3) is 5.69 Å². The molecular weight excluding hydrogens is 306 g/mol. The Hall–Kier alpha value is -2.83. The first-order chi connectivity index (χ1) is 11.4. The van der Waals surface area contributed by atoms with Gasteiger partial charge in [-0.05, 0) is 31.2 Å². The Kier molecular flexibility index (Phi) is 5.57. The van der Waals surface area contributed by atoms with E-state index in [1.165, 1.54) is 4.90 Å². The third-order valence-corrected chi connectivity index (χ3v) is 3.67. The number of hydrogen-bond donors (Lipinski definition) is 2. The molecule has 0 aliphatic carbocycles. The van der Waals surface area contributed by atoms with Gasteiger partial charge in [0.25, 0.3) is 0 Å². The third kappa shape index (κ3) is 4.34. The molecule has 0 radical (unpaired) electrons. The van der Waals surface area contributed by atoms with Gasteiger partial charge in [-0.3, -0.25) is 4.79 Å². The van der Waals surface area contributed by atoms with Crippen molar-refractivity contribution in [2.24, 2.45) is 5.92 Å². The van der Waals surface area contributed by atoms with E-state index < -0.39 is 0 Å². The maximum atomic E-state index is 12.3. The maximum absolute atomic E-state index is 12.3. The van der Waals surface area contributed by atoms with E-state index in [2.05, 4.69) is 15.7 Å². The van der Waals surface area contributed by atoms with E-state index in [0.717, 1.165) is 11.4 Å². The Bertz CT molecular complexity index is 725. The van der Waals surface area contributed by atoms with Crippen LogP contribution >= 0.6 is 0 Å². The summed E-state index contributed by atoms with van der Waals surface area (Å²) in [5.41, 5.74) is 2.46. The molecule has 24 heavy (non-hydrogen) atoms. The van der Waals surface area contributed by atoms with Crippen molar-refractivity contribution in [3.63, 3.8) is 0 Å². The Morgan fingerprint density at radius 1 is 1.33 bits per heavy atom. The molecule has 0 aliphatic heterocycles. The van der Waals surface area contributed by atoms with Crippen LogP contribution in [0, 0.1) is 12.8 Å². The van der Waals surface area contributed by atoms with Gasteiger partial charge in [0, 0.05) is 32.5 Å². The zero-order valence-electron chi connectivity index (χ0n) is 14.4. The highest BCUT2D eigenvalue weighted by atomic mass is 16.2. The van der Waals surface area contributed by atoms with Gasteiger partial charge in [0.15, 0.2) is 0 Å². The van der Waals surface area contributed by atoms with Crippen molar-refractivity contribution in [2.45, 2.75) is 13.8 Å². The Balaban J connectivity index is 2.02.